The van der Waals surface area contributed by atoms with Crippen molar-refractivity contribution in [3.63, 3.8) is 0 Å². The van der Waals surface area contributed by atoms with Crippen LogP contribution in [0.3, 0.4) is 0 Å². The summed E-state index contributed by atoms with van der Waals surface area (Å²) in [6.07, 6.45) is 5.20. The molecule has 1 aliphatic carbocycles. The molecule has 1 aliphatic rings. The number of carbonyl (C=O) groups excluding carboxylic acids is 1. The number of anilines is 1. The van der Waals surface area contributed by atoms with Crippen molar-refractivity contribution in [2.45, 2.75) is 43.0 Å². The topological polar surface area (TPSA) is 78.5 Å². The van der Waals surface area contributed by atoms with Crippen LogP contribution in [0.15, 0.2) is 29.2 Å². The Hall–Kier alpha value is -1.44. The zero-order valence-electron chi connectivity index (χ0n) is 13.7. The average Bonchev–Trinajstić information content (AvgIpc) is 2.55. The SMILES string of the molecule is CNCC(=O)Nc1ccc(S(=O)(=O)N(C)C2CCCCC2)cc1. The van der Waals surface area contributed by atoms with Gasteiger partial charge in [0, 0.05) is 18.8 Å². The molecule has 1 amide bonds. The van der Waals surface area contributed by atoms with Gasteiger partial charge in [-0.2, -0.15) is 4.31 Å². The summed E-state index contributed by atoms with van der Waals surface area (Å²) in [4.78, 5) is 11.8. The predicted molar refractivity (Wildman–Crippen MR) is 90.8 cm³/mol. The van der Waals surface area contributed by atoms with Gasteiger partial charge in [-0.3, -0.25) is 4.79 Å². The Morgan fingerprint density at radius 1 is 1.17 bits per heavy atom. The van der Waals surface area contributed by atoms with Crippen LogP contribution in [0.2, 0.25) is 0 Å². The number of amides is 1. The highest BCUT2D eigenvalue weighted by atomic mass is 32.2. The average molecular weight is 339 g/mol. The first-order valence-electron chi connectivity index (χ1n) is 7.97. The maximum Gasteiger partial charge on any atom is 0.243 e. The van der Waals surface area contributed by atoms with Crippen molar-refractivity contribution in [2.75, 3.05) is 26.0 Å². The van der Waals surface area contributed by atoms with Gasteiger partial charge in [0.25, 0.3) is 0 Å². The molecule has 0 aliphatic heterocycles. The molecule has 1 fully saturated rings. The molecule has 0 spiro atoms. The maximum atomic E-state index is 12.7. The molecule has 0 saturated heterocycles. The molecule has 128 valence electrons. The molecule has 7 heteroatoms. The van der Waals surface area contributed by atoms with Gasteiger partial charge in [0.15, 0.2) is 0 Å². The number of hydrogen-bond donors (Lipinski definition) is 2. The van der Waals surface area contributed by atoms with Crippen molar-refractivity contribution < 1.29 is 13.2 Å². The summed E-state index contributed by atoms with van der Waals surface area (Å²) in [5, 5.41) is 5.46. The molecule has 0 atom stereocenters. The van der Waals surface area contributed by atoms with E-state index in [1.54, 1.807) is 38.4 Å². The van der Waals surface area contributed by atoms with Gasteiger partial charge in [-0.15, -0.1) is 0 Å². The number of hydrogen-bond acceptors (Lipinski definition) is 4. The highest BCUT2D eigenvalue weighted by Crippen LogP contribution is 2.26. The van der Waals surface area contributed by atoms with E-state index in [9.17, 15) is 13.2 Å². The monoisotopic (exact) mass is 339 g/mol. The van der Waals surface area contributed by atoms with E-state index in [0.29, 0.717) is 5.69 Å². The third-order valence-corrected chi connectivity index (χ3v) is 6.17. The third-order valence-electron chi connectivity index (χ3n) is 4.24. The Labute approximate surface area is 138 Å². The molecule has 1 saturated carbocycles. The standard InChI is InChI=1S/C16H25N3O3S/c1-17-12-16(20)18-13-8-10-15(11-9-13)23(21,22)19(2)14-6-4-3-5-7-14/h8-11,14,17H,3-7,12H2,1-2H3,(H,18,20). The molecule has 0 radical (unpaired) electrons. The molecule has 6 nitrogen and oxygen atoms in total. The van der Waals surface area contributed by atoms with Crippen LogP contribution < -0.4 is 10.6 Å². The fourth-order valence-corrected chi connectivity index (χ4v) is 4.30. The minimum atomic E-state index is -3.49. The Morgan fingerprint density at radius 2 is 1.78 bits per heavy atom. The number of carbonyl (C=O) groups is 1. The normalized spacial score (nSPS) is 16.5. The Morgan fingerprint density at radius 3 is 2.35 bits per heavy atom. The van der Waals surface area contributed by atoms with Crippen LogP contribution in [0.5, 0.6) is 0 Å². The zero-order valence-corrected chi connectivity index (χ0v) is 14.5. The van der Waals surface area contributed by atoms with Crippen LogP contribution in [0.1, 0.15) is 32.1 Å². The molecule has 0 bridgehead atoms. The molecule has 2 N–H and O–H groups in total. The molecule has 0 aromatic heterocycles. The second-order valence-electron chi connectivity index (χ2n) is 5.92. The van der Waals surface area contributed by atoms with Crippen molar-refractivity contribution in [3.8, 4) is 0 Å². The van der Waals surface area contributed by atoms with E-state index in [-0.39, 0.29) is 23.4 Å². The van der Waals surface area contributed by atoms with E-state index in [0.717, 1.165) is 25.7 Å². The number of nitrogens with zero attached hydrogens (tertiary/aromatic N) is 1. The number of nitrogens with one attached hydrogen (secondary N) is 2. The Balaban J connectivity index is 2.09. The fraction of sp³-hybridized carbons (Fsp3) is 0.562. The first-order valence-corrected chi connectivity index (χ1v) is 9.41. The van der Waals surface area contributed by atoms with E-state index in [1.807, 2.05) is 0 Å². The molecule has 0 heterocycles. The number of likely N-dealkylation sites (N-methyl/N-ethyl adjacent to an activating group) is 1. The Bertz CT molecular complexity index is 622. The lowest BCUT2D eigenvalue weighted by Crippen LogP contribution is -2.38. The summed E-state index contributed by atoms with van der Waals surface area (Å²) >= 11 is 0. The zero-order chi connectivity index (χ0) is 16.9. The van der Waals surface area contributed by atoms with Gasteiger partial charge in [-0.25, -0.2) is 8.42 Å². The van der Waals surface area contributed by atoms with Crippen LogP contribution in [-0.4, -0.2) is 45.3 Å². The fourth-order valence-electron chi connectivity index (χ4n) is 2.88. The van der Waals surface area contributed by atoms with Crippen LogP contribution >= 0.6 is 0 Å². The van der Waals surface area contributed by atoms with Gasteiger partial charge in [-0.05, 0) is 44.2 Å². The summed E-state index contributed by atoms with van der Waals surface area (Å²) < 4.78 is 26.9. The minimum Gasteiger partial charge on any atom is -0.325 e. The summed E-state index contributed by atoms with van der Waals surface area (Å²) in [7, 11) is -0.134. The first kappa shape index (κ1) is 17.9. The highest BCUT2D eigenvalue weighted by molar-refractivity contribution is 7.89. The third kappa shape index (κ3) is 4.53. The molecule has 23 heavy (non-hydrogen) atoms. The lowest BCUT2D eigenvalue weighted by atomic mass is 9.96. The second-order valence-corrected chi connectivity index (χ2v) is 7.91. The van der Waals surface area contributed by atoms with Crippen LogP contribution in [0.25, 0.3) is 0 Å². The van der Waals surface area contributed by atoms with Gasteiger partial charge in [-0.1, -0.05) is 19.3 Å². The van der Waals surface area contributed by atoms with Crippen molar-refractivity contribution in [3.05, 3.63) is 24.3 Å². The van der Waals surface area contributed by atoms with E-state index < -0.39 is 10.0 Å². The predicted octanol–water partition coefficient (Wildman–Crippen LogP) is 1.80. The summed E-state index contributed by atoms with van der Waals surface area (Å²) in [5.74, 6) is -0.164. The van der Waals surface area contributed by atoms with Gasteiger partial charge < -0.3 is 10.6 Å². The van der Waals surface area contributed by atoms with Gasteiger partial charge in [0.1, 0.15) is 0 Å². The van der Waals surface area contributed by atoms with Gasteiger partial charge in [0.05, 0.1) is 11.4 Å². The first-order chi connectivity index (χ1) is 10.9. The summed E-state index contributed by atoms with van der Waals surface area (Å²) in [5.41, 5.74) is 0.588. The quantitative estimate of drug-likeness (QED) is 0.828. The van der Waals surface area contributed by atoms with Gasteiger partial charge in [0.2, 0.25) is 15.9 Å². The van der Waals surface area contributed by atoms with Crippen molar-refractivity contribution in [1.82, 2.24) is 9.62 Å². The molecular weight excluding hydrogens is 314 g/mol. The van der Waals surface area contributed by atoms with Crippen LogP contribution in [-0.2, 0) is 14.8 Å². The maximum absolute atomic E-state index is 12.7. The Kier molecular flexibility index (Phi) is 6.15. The highest BCUT2D eigenvalue weighted by Gasteiger charge is 2.28. The lowest BCUT2D eigenvalue weighted by molar-refractivity contribution is -0.115. The molecule has 2 rings (SSSR count). The molecule has 1 aromatic rings. The number of benzene rings is 1. The van der Waals surface area contributed by atoms with E-state index in [1.165, 1.54) is 10.7 Å². The largest absolute Gasteiger partial charge is 0.325 e. The lowest BCUT2D eigenvalue weighted by Gasteiger charge is -2.30. The minimum absolute atomic E-state index is 0.0868. The van der Waals surface area contributed by atoms with Crippen LogP contribution in [0.4, 0.5) is 5.69 Å². The van der Waals surface area contributed by atoms with Crippen molar-refractivity contribution >= 4 is 21.6 Å². The van der Waals surface area contributed by atoms with Crippen molar-refractivity contribution in [2.24, 2.45) is 0 Å². The summed E-state index contributed by atoms with van der Waals surface area (Å²) in [6, 6.07) is 6.42. The van der Waals surface area contributed by atoms with E-state index in [4.69, 9.17) is 0 Å². The summed E-state index contributed by atoms with van der Waals surface area (Å²) in [6.45, 7) is 0.213. The van der Waals surface area contributed by atoms with E-state index >= 15 is 0 Å². The second kappa shape index (κ2) is 7.90. The molecule has 1 aromatic carbocycles. The van der Waals surface area contributed by atoms with Gasteiger partial charge >= 0.3 is 0 Å². The van der Waals surface area contributed by atoms with Crippen LogP contribution in [0, 0.1) is 0 Å². The molecular formula is C16H25N3O3S. The number of sulfonamides is 1. The smallest absolute Gasteiger partial charge is 0.243 e. The number of rotatable bonds is 6. The van der Waals surface area contributed by atoms with E-state index in [2.05, 4.69) is 10.6 Å². The van der Waals surface area contributed by atoms with Crippen molar-refractivity contribution in [1.29, 1.82) is 0 Å². The molecule has 0 unspecified atom stereocenters.